The highest BCUT2D eigenvalue weighted by Gasteiger charge is 2.80. The summed E-state index contributed by atoms with van der Waals surface area (Å²) in [6.07, 6.45) is -25.8. The van der Waals surface area contributed by atoms with E-state index in [1.54, 1.807) is 0 Å². The number of rotatable bonds is 11. The molecule has 23 nitrogen and oxygen atoms in total. The monoisotopic (exact) mass is 1090 g/mol. The van der Waals surface area contributed by atoms with Gasteiger partial charge in [-0.25, -0.2) is 0 Å². The molecule has 5 heterocycles. The minimum Gasteiger partial charge on any atom is -0.481 e. The van der Waals surface area contributed by atoms with Gasteiger partial charge >= 0.3 is 5.97 Å². The standard InChI is InChI=1S/C53H86O23/c1-22-31(57)35(61)38(64)42(70-22)76-41-37(63)33(59)24(19-55)72-45(41)73-25-20-68-44(40(34(25)60)75-43-39(65)36(62)32(58)23(18-54)71-43)74-30-10-11-49(5)26(47(30,2)3)8-12-50(6)27(49)9-13-53-28-16-48(4,46(66)67)14-15-52(28,21-69-53)29(56)17-51(50,53)7/h22-45,54-65H,8-21H2,1-7H3,(H,66,67)/t22-,23-,24-,25-,26+,27-,28-,29-,30+,31-,32-,33-,34-,35+,36+,37+,38+,39-,40+,41-,42+,43+,44-,45+,48+,49+,50-,51+,52-,53+/m1/s1. The number of fused-ring (bicyclic) bond motifs is 4. The Labute approximate surface area is 442 Å². The van der Waals surface area contributed by atoms with Crippen LogP contribution in [0.25, 0.3) is 0 Å². The molecule has 76 heavy (non-hydrogen) atoms. The third kappa shape index (κ3) is 8.48. The Kier molecular flexibility index (Phi) is 15.4. The molecule has 5 saturated carbocycles. The summed E-state index contributed by atoms with van der Waals surface area (Å²) in [5.74, 6) is -0.605. The van der Waals surface area contributed by atoms with Crippen LogP contribution in [-0.2, 0) is 47.4 Å². The van der Waals surface area contributed by atoms with Crippen LogP contribution in [-0.4, -0.2) is 233 Å². The van der Waals surface area contributed by atoms with Crippen molar-refractivity contribution in [3.8, 4) is 0 Å². The Morgan fingerprint density at radius 2 is 1.16 bits per heavy atom. The first kappa shape index (κ1) is 57.8. The fraction of sp³-hybridized carbons (Fsp3) is 0.981. The topological polar surface area (TPSA) is 363 Å². The summed E-state index contributed by atoms with van der Waals surface area (Å²) in [6.45, 7) is 13.1. The molecule has 0 unspecified atom stereocenters. The van der Waals surface area contributed by atoms with E-state index in [2.05, 4.69) is 34.6 Å². The van der Waals surface area contributed by atoms with Gasteiger partial charge in [0.25, 0.3) is 0 Å². The zero-order valence-corrected chi connectivity index (χ0v) is 44.7. The van der Waals surface area contributed by atoms with Gasteiger partial charge in [0.05, 0.1) is 55.8 Å². The van der Waals surface area contributed by atoms with Gasteiger partial charge in [-0.05, 0) is 112 Å². The van der Waals surface area contributed by atoms with Gasteiger partial charge in [-0.15, -0.1) is 0 Å². The van der Waals surface area contributed by atoms with Crippen LogP contribution in [0.2, 0.25) is 0 Å². The van der Waals surface area contributed by atoms with Crippen molar-refractivity contribution in [1.82, 2.24) is 0 Å². The minimum atomic E-state index is -1.90. The Bertz CT molecular complexity index is 2100. The maximum absolute atomic E-state index is 12.8. The quantitative estimate of drug-likeness (QED) is 0.103. The summed E-state index contributed by atoms with van der Waals surface area (Å²) >= 11 is 0. The summed E-state index contributed by atoms with van der Waals surface area (Å²) in [4.78, 5) is 12.8. The van der Waals surface area contributed by atoms with Gasteiger partial charge in [-0.2, -0.15) is 0 Å². The highest BCUT2D eigenvalue weighted by atomic mass is 16.8. The second-order valence-electron chi connectivity index (χ2n) is 26.3. The Balaban J connectivity index is 0.903. The lowest BCUT2D eigenvalue weighted by atomic mass is 9.30. The lowest BCUT2D eigenvalue weighted by molar-refractivity contribution is -0.394. The lowest BCUT2D eigenvalue weighted by Gasteiger charge is -2.75. The van der Waals surface area contributed by atoms with E-state index in [0.29, 0.717) is 38.7 Å². The van der Waals surface area contributed by atoms with E-state index in [1.807, 2.05) is 6.92 Å². The third-order valence-electron chi connectivity index (χ3n) is 22.5. The maximum Gasteiger partial charge on any atom is 0.309 e. The Morgan fingerprint density at radius 3 is 1.80 bits per heavy atom. The first-order valence-corrected chi connectivity index (χ1v) is 27.7. The molecule has 13 N–H and O–H groups in total. The molecule has 0 amide bonds. The van der Waals surface area contributed by atoms with Gasteiger partial charge in [0.2, 0.25) is 0 Å². The summed E-state index contributed by atoms with van der Waals surface area (Å²) in [5.41, 5.74) is -3.49. The minimum absolute atomic E-state index is 0.0895. The van der Waals surface area contributed by atoms with Crippen LogP contribution in [0.1, 0.15) is 113 Å². The first-order valence-electron chi connectivity index (χ1n) is 27.7. The van der Waals surface area contributed by atoms with E-state index in [4.69, 9.17) is 42.6 Å². The van der Waals surface area contributed by atoms with E-state index < -0.39 is 182 Å². The van der Waals surface area contributed by atoms with Crippen molar-refractivity contribution in [2.75, 3.05) is 26.4 Å². The van der Waals surface area contributed by atoms with Crippen molar-refractivity contribution < 1.29 is 114 Å². The molecular weight excluding hydrogens is 1000 g/mol. The van der Waals surface area contributed by atoms with Crippen LogP contribution in [0.15, 0.2) is 0 Å². The smallest absolute Gasteiger partial charge is 0.309 e. The van der Waals surface area contributed by atoms with E-state index in [9.17, 15) is 71.2 Å². The summed E-state index contributed by atoms with van der Waals surface area (Å²) in [7, 11) is 0. The first-order chi connectivity index (χ1) is 35.6. The van der Waals surface area contributed by atoms with Crippen LogP contribution in [0.3, 0.4) is 0 Å². The molecule has 2 bridgehead atoms. The number of hydrogen-bond donors (Lipinski definition) is 13. The molecule has 23 heteroatoms. The average molecular weight is 1090 g/mol. The molecule has 0 radical (unpaired) electrons. The van der Waals surface area contributed by atoms with Crippen molar-refractivity contribution in [3.63, 3.8) is 0 Å². The molecule has 30 atom stereocenters. The van der Waals surface area contributed by atoms with Gasteiger partial charge in [0.1, 0.15) is 85.5 Å². The normalized spacial score (nSPS) is 57.9. The molecule has 1 spiro atoms. The van der Waals surface area contributed by atoms with E-state index >= 15 is 0 Å². The number of carboxylic acid groups (broad SMARTS) is 1. The van der Waals surface area contributed by atoms with Crippen molar-refractivity contribution in [1.29, 1.82) is 0 Å². The molecule has 0 aromatic rings. The zero-order chi connectivity index (χ0) is 55.2. The highest BCUT2D eigenvalue weighted by molar-refractivity contribution is 5.74. The van der Waals surface area contributed by atoms with Gasteiger partial charge in [0.15, 0.2) is 25.2 Å². The molecule has 436 valence electrons. The number of ether oxygens (including phenoxy) is 9. The van der Waals surface area contributed by atoms with Crippen molar-refractivity contribution in [2.24, 2.45) is 50.2 Å². The van der Waals surface area contributed by atoms with Gasteiger partial charge in [0, 0.05) is 10.8 Å². The SMILES string of the molecule is C[C@H]1O[C@@H](O[C@H]2[C@H](O[C@@H]3CO[C@H](O[C@H]4CC[C@]5(C)[C@H]6CC[C@]78OC[C@@]9(CC[C@](C)(C(=O)O)C[C@H]97)[C@H](O)C[C@@]8(C)[C@]6(C)CC[C@H]5C4(C)C)[C@@H](O[C@@H]4O[C@H](CO)[C@@H](O)[C@H](O)[C@H]4O)[C@@H]3O)O[C@H](CO)[C@@H](O)[C@@H]2O)[C@@H](O)[C@@H](O)[C@@H]1O. The zero-order valence-electron chi connectivity index (χ0n) is 44.7. The lowest BCUT2D eigenvalue weighted by Crippen LogP contribution is -2.74. The molecule has 0 aromatic heterocycles. The molecule has 10 rings (SSSR count). The summed E-state index contributed by atoms with van der Waals surface area (Å²) in [5, 5.41) is 142. The number of aliphatic carboxylic acids is 1. The molecule has 5 aliphatic carbocycles. The van der Waals surface area contributed by atoms with Crippen LogP contribution >= 0.6 is 0 Å². The highest BCUT2D eigenvalue weighted by Crippen LogP contribution is 2.80. The van der Waals surface area contributed by atoms with Gasteiger partial charge in [-0.3, -0.25) is 4.79 Å². The van der Waals surface area contributed by atoms with Gasteiger partial charge in [-0.1, -0.05) is 34.6 Å². The van der Waals surface area contributed by atoms with Crippen molar-refractivity contribution >= 4 is 5.97 Å². The average Bonchev–Trinajstić information content (AvgIpc) is 3.87. The van der Waals surface area contributed by atoms with Crippen molar-refractivity contribution in [3.05, 3.63) is 0 Å². The molecule has 5 aliphatic heterocycles. The summed E-state index contributed by atoms with van der Waals surface area (Å²) in [6, 6.07) is 0. The number of aliphatic hydroxyl groups excluding tert-OH is 12. The molecule has 10 aliphatic rings. The fourth-order valence-electron chi connectivity index (χ4n) is 17.7. The van der Waals surface area contributed by atoms with Crippen LogP contribution in [0.5, 0.6) is 0 Å². The number of carbonyl (C=O) groups is 1. The largest absolute Gasteiger partial charge is 0.481 e. The Hall–Kier alpha value is -1.37. The number of carboxylic acids is 1. The van der Waals surface area contributed by atoms with Crippen molar-refractivity contribution in [2.45, 2.75) is 247 Å². The number of hydrogen-bond acceptors (Lipinski definition) is 22. The second-order valence-corrected chi connectivity index (χ2v) is 26.3. The summed E-state index contributed by atoms with van der Waals surface area (Å²) < 4.78 is 56.2. The second kappa shape index (κ2) is 20.2. The molecule has 10 fully saturated rings. The van der Waals surface area contributed by atoms with E-state index in [0.717, 1.165) is 32.1 Å². The van der Waals surface area contributed by atoms with Gasteiger partial charge < -0.3 is 109 Å². The van der Waals surface area contributed by atoms with Crippen LogP contribution in [0, 0.1) is 50.2 Å². The molecular formula is C53H86O23. The molecule has 0 aromatic carbocycles. The maximum atomic E-state index is 12.8. The Morgan fingerprint density at radius 1 is 0.566 bits per heavy atom. The van der Waals surface area contributed by atoms with E-state index in [-0.39, 0.29) is 28.6 Å². The predicted octanol–water partition coefficient (Wildman–Crippen LogP) is -1.62. The van der Waals surface area contributed by atoms with Crippen LogP contribution in [0.4, 0.5) is 0 Å². The predicted molar refractivity (Wildman–Crippen MR) is 257 cm³/mol. The van der Waals surface area contributed by atoms with E-state index in [1.165, 1.54) is 6.92 Å². The third-order valence-corrected chi connectivity index (χ3v) is 22.5. The number of aliphatic hydroxyl groups is 12. The molecule has 5 saturated heterocycles. The van der Waals surface area contributed by atoms with Crippen LogP contribution < -0.4 is 0 Å². The fourth-order valence-corrected chi connectivity index (χ4v) is 17.7.